The Balaban J connectivity index is 2.02. The van der Waals surface area contributed by atoms with E-state index in [1.165, 1.54) is 12.8 Å². The highest BCUT2D eigenvalue weighted by Gasteiger charge is 2.50. The standard InChI is InChI=1S/C15H28N2O/c1-11(2)16-8-13(18)17-10-15(5)7-12(17)6-14(3,4)9-15/h11-12,16H,6-10H2,1-5H3. The second kappa shape index (κ2) is 4.52. The number of fused-ring (bicyclic) bond motifs is 2. The molecular weight excluding hydrogens is 224 g/mol. The zero-order valence-electron chi connectivity index (χ0n) is 12.5. The van der Waals surface area contributed by atoms with Crippen LogP contribution >= 0.6 is 0 Å². The van der Waals surface area contributed by atoms with E-state index in [1.807, 2.05) is 0 Å². The number of rotatable bonds is 3. The summed E-state index contributed by atoms with van der Waals surface area (Å²) in [5.41, 5.74) is 0.734. The quantitative estimate of drug-likeness (QED) is 0.836. The summed E-state index contributed by atoms with van der Waals surface area (Å²) >= 11 is 0. The lowest BCUT2D eigenvalue weighted by molar-refractivity contribution is -0.131. The first kappa shape index (κ1) is 13.9. The van der Waals surface area contributed by atoms with Crippen LogP contribution in [0.25, 0.3) is 0 Å². The van der Waals surface area contributed by atoms with Gasteiger partial charge in [0.1, 0.15) is 0 Å². The lowest BCUT2D eigenvalue weighted by Crippen LogP contribution is -2.43. The van der Waals surface area contributed by atoms with Crippen LogP contribution in [0.15, 0.2) is 0 Å². The first-order valence-electron chi connectivity index (χ1n) is 7.24. The molecule has 1 aliphatic carbocycles. The highest BCUT2D eigenvalue weighted by atomic mass is 16.2. The topological polar surface area (TPSA) is 32.3 Å². The van der Waals surface area contributed by atoms with Crippen LogP contribution in [0.2, 0.25) is 0 Å². The number of amides is 1. The Labute approximate surface area is 111 Å². The molecule has 1 saturated heterocycles. The minimum Gasteiger partial charge on any atom is -0.338 e. The fraction of sp³-hybridized carbons (Fsp3) is 0.933. The van der Waals surface area contributed by atoms with Crippen LogP contribution in [0.3, 0.4) is 0 Å². The van der Waals surface area contributed by atoms with Crippen LogP contribution in [0.4, 0.5) is 0 Å². The molecule has 0 aromatic carbocycles. The van der Waals surface area contributed by atoms with Gasteiger partial charge >= 0.3 is 0 Å². The average Bonchev–Trinajstić information content (AvgIpc) is 2.44. The number of nitrogens with one attached hydrogen (secondary N) is 1. The summed E-state index contributed by atoms with van der Waals surface area (Å²) < 4.78 is 0. The van der Waals surface area contributed by atoms with Gasteiger partial charge in [0, 0.05) is 18.6 Å². The fourth-order valence-electron chi connectivity index (χ4n) is 4.14. The maximum absolute atomic E-state index is 12.3. The minimum atomic E-state index is 0.287. The number of hydrogen-bond acceptors (Lipinski definition) is 2. The molecule has 0 aromatic rings. The predicted molar refractivity (Wildman–Crippen MR) is 74.4 cm³/mol. The van der Waals surface area contributed by atoms with Crippen molar-refractivity contribution in [1.29, 1.82) is 0 Å². The van der Waals surface area contributed by atoms with Crippen molar-refractivity contribution in [3.05, 3.63) is 0 Å². The van der Waals surface area contributed by atoms with Crippen molar-refractivity contribution in [2.24, 2.45) is 10.8 Å². The van der Waals surface area contributed by atoms with E-state index in [2.05, 4.69) is 44.8 Å². The Hall–Kier alpha value is -0.570. The first-order valence-corrected chi connectivity index (χ1v) is 7.24. The normalized spacial score (nSPS) is 34.1. The third kappa shape index (κ3) is 2.87. The number of carbonyl (C=O) groups excluding carboxylic acids is 1. The molecule has 0 radical (unpaired) electrons. The Kier molecular flexibility index (Phi) is 3.48. The van der Waals surface area contributed by atoms with Crippen LogP contribution in [0, 0.1) is 10.8 Å². The van der Waals surface area contributed by atoms with Gasteiger partial charge < -0.3 is 10.2 Å². The number of hydrogen-bond donors (Lipinski definition) is 1. The number of nitrogens with zero attached hydrogens (tertiary/aromatic N) is 1. The zero-order chi connectivity index (χ0) is 13.6. The first-order chi connectivity index (χ1) is 8.21. The Bertz CT molecular complexity index is 337. The highest BCUT2D eigenvalue weighted by Crippen LogP contribution is 2.52. The molecule has 2 aliphatic rings. The molecule has 2 unspecified atom stereocenters. The molecule has 0 aromatic heterocycles. The molecule has 1 saturated carbocycles. The minimum absolute atomic E-state index is 0.287. The molecular formula is C15H28N2O. The summed E-state index contributed by atoms with van der Waals surface area (Å²) in [6.07, 6.45) is 3.61. The molecule has 1 aliphatic heterocycles. The second-order valence-corrected chi connectivity index (χ2v) is 7.77. The van der Waals surface area contributed by atoms with Crippen molar-refractivity contribution >= 4 is 5.91 Å². The molecule has 104 valence electrons. The van der Waals surface area contributed by atoms with Gasteiger partial charge in [-0.05, 0) is 30.1 Å². The summed E-state index contributed by atoms with van der Waals surface area (Å²) in [5, 5.41) is 3.24. The molecule has 18 heavy (non-hydrogen) atoms. The molecule has 2 bridgehead atoms. The van der Waals surface area contributed by atoms with Crippen LogP contribution in [0.5, 0.6) is 0 Å². The van der Waals surface area contributed by atoms with E-state index in [9.17, 15) is 4.79 Å². The smallest absolute Gasteiger partial charge is 0.236 e. The van der Waals surface area contributed by atoms with Crippen molar-refractivity contribution < 1.29 is 4.79 Å². The third-order valence-electron chi connectivity index (χ3n) is 4.40. The summed E-state index contributed by atoms with van der Waals surface area (Å²) in [7, 11) is 0. The van der Waals surface area contributed by atoms with E-state index < -0.39 is 0 Å². The van der Waals surface area contributed by atoms with Crippen molar-refractivity contribution in [2.45, 2.75) is 66.0 Å². The molecule has 2 fully saturated rings. The summed E-state index contributed by atoms with van der Waals surface area (Å²) in [4.78, 5) is 14.5. The van der Waals surface area contributed by atoms with Gasteiger partial charge in [0.2, 0.25) is 5.91 Å². The van der Waals surface area contributed by atoms with Crippen molar-refractivity contribution in [1.82, 2.24) is 10.2 Å². The largest absolute Gasteiger partial charge is 0.338 e. The Morgan fingerprint density at radius 1 is 1.33 bits per heavy atom. The average molecular weight is 252 g/mol. The summed E-state index contributed by atoms with van der Waals surface area (Å²) in [6.45, 7) is 12.7. The van der Waals surface area contributed by atoms with Gasteiger partial charge in [-0.2, -0.15) is 0 Å². The molecule has 3 heteroatoms. The van der Waals surface area contributed by atoms with Gasteiger partial charge in [-0.1, -0.05) is 34.6 Å². The molecule has 2 atom stereocenters. The predicted octanol–water partition coefficient (Wildman–Crippen LogP) is 2.41. The number of carbonyl (C=O) groups is 1. The van der Waals surface area contributed by atoms with E-state index in [1.54, 1.807) is 0 Å². The fourth-order valence-corrected chi connectivity index (χ4v) is 4.14. The monoisotopic (exact) mass is 252 g/mol. The van der Waals surface area contributed by atoms with E-state index >= 15 is 0 Å². The maximum atomic E-state index is 12.3. The molecule has 3 nitrogen and oxygen atoms in total. The number of likely N-dealkylation sites (tertiary alicyclic amines) is 1. The van der Waals surface area contributed by atoms with Gasteiger partial charge in [0.05, 0.1) is 6.54 Å². The summed E-state index contributed by atoms with van der Waals surface area (Å²) in [5.74, 6) is 0.287. The van der Waals surface area contributed by atoms with Crippen molar-refractivity contribution in [3.8, 4) is 0 Å². The molecule has 0 spiro atoms. The molecule has 1 heterocycles. The van der Waals surface area contributed by atoms with Crippen LogP contribution in [-0.4, -0.2) is 36.0 Å². The van der Waals surface area contributed by atoms with E-state index in [0.717, 1.165) is 13.0 Å². The van der Waals surface area contributed by atoms with Crippen LogP contribution in [0.1, 0.15) is 53.9 Å². The maximum Gasteiger partial charge on any atom is 0.236 e. The van der Waals surface area contributed by atoms with Gasteiger partial charge in [0.25, 0.3) is 0 Å². The highest BCUT2D eigenvalue weighted by molar-refractivity contribution is 5.79. The van der Waals surface area contributed by atoms with Gasteiger partial charge in [-0.15, -0.1) is 0 Å². The molecule has 1 amide bonds. The Morgan fingerprint density at radius 3 is 2.61 bits per heavy atom. The van der Waals surface area contributed by atoms with E-state index in [4.69, 9.17) is 0 Å². The summed E-state index contributed by atoms with van der Waals surface area (Å²) in [6, 6.07) is 0.850. The third-order valence-corrected chi connectivity index (χ3v) is 4.40. The van der Waals surface area contributed by atoms with Crippen molar-refractivity contribution in [2.75, 3.05) is 13.1 Å². The Morgan fingerprint density at radius 2 is 2.00 bits per heavy atom. The van der Waals surface area contributed by atoms with Gasteiger partial charge in [-0.3, -0.25) is 4.79 Å². The lowest BCUT2D eigenvalue weighted by atomic mass is 9.65. The van der Waals surface area contributed by atoms with Gasteiger partial charge in [0.15, 0.2) is 0 Å². The molecule has 2 rings (SSSR count). The van der Waals surface area contributed by atoms with Crippen molar-refractivity contribution in [3.63, 3.8) is 0 Å². The molecule has 1 N–H and O–H groups in total. The lowest BCUT2D eigenvalue weighted by Gasteiger charge is -2.39. The van der Waals surface area contributed by atoms with Crippen LogP contribution in [-0.2, 0) is 4.79 Å². The van der Waals surface area contributed by atoms with Crippen LogP contribution < -0.4 is 5.32 Å². The van der Waals surface area contributed by atoms with E-state index in [-0.39, 0.29) is 5.91 Å². The van der Waals surface area contributed by atoms with Gasteiger partial charge in [-0.25, -0.2) is 0 Å². The van der Waals surface area contributed by atoms with E-state index in [0.29, 0.717) is 29.5 Å². The zero-order valence-corrected chi connectivity index (χ0v) is 12.5. The SMILES string of the molecule is CC(C)NCC(=O)N1CC2(C)CC1CC(C)(C)C2. The second-order valence-electron chi connectivity index (χ2n) is 7.77.